The summed E-state index contributed by atoms with van der Waals surface area (Å²) in [6, 6.07) is 24.1. The Balaban J connectivity index is 1.66. The zero-order chi connectivity index (χ0) is 19.8. The van der Waals surface area contributed by atoms with Crippen LogP contribution >= 0.6 is 0 Å². The number of ether oxygens (including phenoxy) is 1. The van der Waals surface area contributed by atoms with E-state index in [9.17, 15) is 4.79 Å². The van der Waals surface area contributed by atoms with Crippen molar-refractivity contribution in [2.45, 2.75) is 13.5 Å². The zero-order valence-corrected chi connectivity index (χ0v) is 15.4. The number of nitrogens with zero attached hydrogens (tertiary/aromatic N) is 2. The minimum absolute atomic E-state index is 0.263. The quantitative estimate of drug-likeness (QED) is 0.522. The van der Waals surface area contributed by atoms with E-state index in [4.69, 9.17) is 10.00 Å². The Morgan fingerprint density at radius 2 is 1.89 bits per heavy atom. The van der Waals surface area contributed by atoms with E-state index in [1.807, 2.05) is 61.5 Å². The van der Waals surface area contributed by atoms with Gasteiger partial charge in [-0.1, -0.05) is 42.5 Å². The highest BCUT2D eigenvalue weighted by Gasteiger charge is 2.07. The fourth-order valence-corrected chi connectivity index (χ4v) is 2.66. The fourth-order valence-electron chi connectivity index (χ4n) is 2.66. The van der Waals surface area contributed by atoms with Crippen molar-refractivity contribution >= 4 is 12.1 Å². The molecule has 5 nitrogen and oxygen atoms in total. The Morgan fingerprint density at radius 1 is 1.11 bits per heavy atom. The number of rotatable bonds is 6. The normalized spacial score (nSPS) is 10.4. The van der Waals surface area contributed by atoms with Gasteiger partial charge in [-0.15, -0.1) is 0 Å². The largest absolute Gasteiger partial charge is 0.488 e. The predicted octanol–water partition coefficient (Wildman–Crippen LogP) is 4.21. The smallest absolute Gasteiger partial charge is 0.271 e. The highest BCUT2D eigenvalue weighted by atomic mass is 16.5. The average Bonchev–Trinajstić information content (AvgIpc) is 2.73. The second-order valence-corrected chi connectivity index (χ2v) is 6.15. The first-order chi connectivity index (χ1) is 13.7. The van der Waals surface area contributed by atoms with Gasteiger partial charge in [0.2, 0.25) is 0 Å². The molecular formula is C23H19N3O2. The van der Waals surface area contributed by atoms with Gasteiger partial charge in [0, 0.05) is 11.1 Å². The molecule has 28 heavy (non-hydrogen) atoms. The maximum Gasteiger partial charge on any atom is 0.271 e. The summed E-state index contributed by atoms with van der Waals surface area (Å²) in [5, 5.41) is 13.0. The number of aryl methyl sites for hydroxylation is 1. The molecule has 0 atom stereocenters. The van der Waals surface area contributed by atoms with E-state index in [1.54, 1.807) is 24.4 Å². The Kier molecular flexibility index (Phi) is 6.17. The molecule has 1 N–H and O–H groups in total. The lowest BCUT2D eigenvalue weighted by molar-refractivity contribution is 0.0954. The van der Waals surface area contributed by atoms with Crippen molar-refractivity contribution in [2.75, 3.05) is 0 Å². The monoisotopic (exact) mass is 369 g/mol. The third-order valence-corrected chi connectivity index (χ3v) is 4.13. The third kappa shape index (κ3) is 4.83. The maximum absolute atomic E-state index is 12.2. The lowest BCUT2D eigenvalue weighted by atomic mass is 10.1. The van der Waals surface area contributed by atoms with Crippen LogP contribution < -0.4 is 10.2 Å². The van der Waals surface area contributed by atoms with Crippen LogP contribution in [0.5, 0.6) is 5.75 Å². The van der Waals surface area contributed by atoms with Crippen LogP contribution in [0.2, 0.25) is 0 Å². The lowest BCUT2D eigenvalue weighted by Gasteiger charge is -2.09. The molecule has 0 unspecified atom stereocenters. The fraction of sp³-hybridized carbons (Fsp3) is 0.0870. The van der Waals surface area contributed by atoms with Gasteiger partial charge in [-0.2, -0.15) is 10.4 Å². The van der Waals surface area contributed by atoms with Crippen molar-refractivity contribution < 1.29 is 9.53 Å². The van der Waals surface area contributed by atoms with Crippen molar-refractivity contribution in [2.24, 2.45) is 5.10 Å². The van der Waals surface area contributed by atoms with Crippen LogP contribution in [0.4, 0.5) is 0 Å². The molecule has 0 aliphatic rings. The van der Waals surface area contributed by atoms with Crippen molar-refractivity contribution in [3.8, 4) is 11.8 Å². The van der Waals surface area contributed by atoms with Gasteiger partial charge in [0.1, 0.15) is 12.4 Å². The van der Waals surface area contributed by atoms with Gasteiger partial charge in [0.25, 0.3) is 5.91 Å². The zero-order valence-electron chi connectivity index (χ0n) is 15.4. The molecular weight excluding hydrogens is 350 g/mol. The van der Waals surface area contributed by atoms with Gasteiger partial charge in [0.05, 0.1) is 17.8 Å². The van der Waals surface area contributed by atoms with E-state index in [0.29, 0.717) is 23.5 Å². The highest BCUT2D eigenvalue weighted by molar-refractivity contribution is 5.96. The van der Waals surface area contributed by atoms with E-state index >= 15 is 0 Å². The molecule has 138 valence electrons. The number of hydrazone groups is 1. The minimum Gasteiger partial charge on any atom is -0.488 e. The van der Waals surface area contributed by atoms with Gasteiger partial charge in [-0.05, 0) is 48.4 Å². The number of nitrogens with one attached hydrogen (secondary N) is 1. The molecule has 3 aromatic carbocycles. The van der Waals surface area contributed by atoms with Crippen LogP contribution in [0.1, 0.15) is 32.6 Å². The number of nitriles is 1. The van der Waals surface area contributed by atoms with Crippen molar-refractivity contribution in [1.82, 2.24) is 5.43 Å². The van der Waals surface area contributed by atoms with E-state index in [-0.39, 0.29) is 5.91 Å². The summed E-state index contributed by atoms with van der Waals surface area (Å²) in [6.45, 7) is 2.21. The molecule has 0 aliphatic heterocycles. The summed E-state index contributed by atoms with van der Waals surface area (Å²) in [5.74, 6) is 0.375. The van der Waals surface area contributed by atoms with Crippen molar-refractivity contribution in [3.05, 3.63) is 101 Å². The SMILES string of the molecule is Cc1ccccc1C(=O)N/N=C/c1ccccc1OCc1cccc(C#N)c1. The molecule has 0 heterocycles. The van der Waals surface area contributed by atoms with Gasteiger partial charge in [-0.25, -0.2) is 5.43 Å². The van der Waals surface area contributed by atoms with Crippen LogP contribution in [0.15, 0.2) is 77.9 Å². The second-order valence-electron chi connectivity index (χ2n) is 6.15. The second kappa shape index (κ2) is 9.15. The van der Waals surface area contributed by atoms with Gasteiger partial charge < -0.3 is 4.74 Å². The topological polar surface area (TPSA) is 74.5 Å². The van der Waals surface area contributed by atoms with Gasteiger partial charge in [-0.3, -0.25) is 4.79 Å². The molecule has 0 bridgehead atoms. The van der Waals surface area contributed by atoms with Gasteiger partial charge in [0.15, 0.2) is 0 Å². The first-order valence-electron chi connectivity index (χ1n) is 8.77. The van der Waals surface area contributed by atoms with E-state index in [0.717, 1.165) is 16.7 Å². The molecule has 0 aliphatic carbocycles. The van der Waals surface area contributed by atoms with E-state index < -0.39 is 0 Å². The number of amides is 1. The van der Waals surface area contributed by atoms with Crippen LogP contribution in [-0.4, -0.2) is 12.1 Å². The predicted molar refractivity (Wildman–Crippen MR) is 108 cm³/mol. The Labute approximate surface area is 163 Å². The molecule has 0 saturated heterocycles. The van der Waals surface area contributed by atoms with Gasteiger partial charge >= 0.3 is 0 Å². The molecule has 0 spiro atoms. The summed E-state index contributed by atoms with van der Waals surface area (Å²) in [4.78, 5) is 12.2. The lowest BCUT2D eigenvalue weighted by Crippen LogP contribution is -2.18. The number of para-hydroxylation sites is 1. The van der Waals surface area contributed by atoms with Crippen LogP contribution in [-0.2, 0) is 6.61 Å². The maximum atomic E-state index is 12.2. The molecule has 5 heteroatoms. The van der Waals surface area contributed by atoms with Crippen LogP contribution in [0.3, 0.4) is 0 Å². The molecule has 0 radical (unpaired) electrons. The number of hydrogen-bond acceptors (Lipinski definition) is 4. The van der Waals surface area contributed by atoms with Crippen LogP contribution in [0, 0.1) is 18.3 Å². The summed E-state index contributed by atoms with van der Waals surface area (Å²) in [5.41, 5.74) is 6.25. The summed E-state index contributed by atoms with van der Waals surface area (Å²) >= 11 is 0. The molecule has 3 aromatic rings. The summed E-state index contributed by atoms with van der Waals surface area (Å²) < 4.78 is 5.87. The number of benzene rings is 3. The minimum atomic E-state index is -0.263. The van der Waals surface area contributed by atoms with Crippen molar-refractivity contribution in [1.29, 1.82) is 5.26 Å². The third-order valence-electron chi connectivity index (χ3n) is 4.13. The Hall–Kier alpha value is -3.91. The van der Waals surface area contributed by atoms with Crippen LogP contribution in [0.25, 0.3) is 0 Å². The molecule has 0 saturated carbocycles. The van der Waals surface area contributed by atoms with E-state index in [1.165, 1.54) is 0 Å². The number of carbonyl (C=O) groups is 1. The first-order valence-corrected chi connectivity index (χ1v) is 8.77. The molecule has 0 aromatic heterocycles. The summed E-state index contributed by atoms with van der Waals surface area (Å²) in [6.07, 6.45) is 1.55. The molecule has 3 rings (SSSR count). The summed E-state index contributed by atoms with van der Waals surface area (Å²) in [7, 11) is 0. The molecule has 1 amide bonds. The number of carbonyl (C=O) groups excluding carboxylic acids is 1. The highest BCUT2D eigenvalue weighted by Crippen LogP contribution is 2.18. The van der Waals surface area contributed by atoms with E-state index in [2.05, 4.69) is 16.6 Å². The van der Waals surface area contributed by atoms with Crippen molar-refractivity contribution in [3.63, 3.8) is 0 Å². The standard InChI is InChI=1S/C23H19N3O2/c1-17-7-2-4-11-21(17)23(27)26-25-15-20-10-3-5-12-22(20)28-16-19-9-6-8-18(13-19)14-24/h2-13,15H,16H2,1H3,(H,26,27)/b25-15+. The average molecular weight is 369 g/mol. The molecule has 0 fully saturated rings. The first kappa shape index (κ1) is 18.9. The Morgan fingerprint density at radius 3 is 2.71 bits per heavy atom. The number of hydrogen-bond donors (Lipinski definition) is 1. The Bertz CT molecular complexity index is 1050.